The van der Waals surface area contributed by atoms with E-state index in [9.17, 15) is 18.0 Å². The lowest BCUT2D eigenvalue weighted by Gasteiger charge is -2.09. The van der Waals surface area contributed by atoms with E-state index in [2.05, 4.69) is 25.1 Å². The van der Waals surface area contributed by atoms with E-state index < -0.39 is 12.3 Å². The summed E-state index contributed by atoms with van der Waals surface area (Å²) in [5, 5.41) is 10.4. The lowest BCUT2D eigenvalue weighted by atomic mass is 10.1. The van der Waals surface area contributed by atoms with Crippen molar-refractivity contribution in [2.45, 2.75) is 23.2 Å². The number of ether oxygens (including phenoxy) is 2. The molecular formula is C17H13F3N4O3S. The van der Waals surface area contributed by atoms with Crippen LogP contribution in [0.2, 0.25) is 0 Å². The number of carbonyl (C=O) groups excluding carboxylic acids is 1. The van der Waals surface area contributed by atoms with Crippen LogP contribution in [-0.2, 0) is 4.74 Å². The molecule has 3 aromatic rings. The number of benzene rings is 1. The first-order chi connectivity index (χ1) is 13.4. The van der Waals surface area contributed by atoms with E-state index in [-0.39, 0.29) is 18.1 Å². The van der Waals surface area contributed by atoms with Gasteiger partial charge in [-0.15, -0.1) is 18.3 Å². The molecule has 1 aromatic carbocycles. The lowest BCUT2D eigenvalue weighted by Crippen LogP contribution is -2.17. The van der Waals surface area contributed by atoms with Crippen LogP contribution in [0.3, 0.4) is 0 Å². The van der Waals surface area contributed by atoms with E-state index in [1.54, 1.807) is 31.2 Å². The fraction of sp³-hybridized carbons (Fsp3) is 0.176. The number of rotatable bonds is 6. The molecule has 7 nitrogen and oxygen atoms in total. The average Bonchev–Trinajstić information content (AvgIpc) is 3.10. The van der Waals surface area contributed by atoms with Gasteiger partial charge in [-0.3, -0.25) is 10.1 Å². The number of hydrogen-bond acceptors (Lipinski definition) is 7. The molecule has 0 aliphatic carbocycles. The largest absolute Gasteiger partial charge is 0.573 e. The van der Waals surface area contributed by atoms with Crippen molar-refractivity contribution >= 4 is 17.7 Å². The zero-order valence-corrected chi connectivity index (χ0v) is 15.2. The summed E-state index contributed by atoms with van der Waals surface area (Å²) in [7, 11) is 0. The smallest absolute Gasteiger partial charge is 0.461 e. The lowest BCUT2D eigenvalue weighted by molar-refractivity contribution is -0.274. The first-order valence-corrected chi connectivity index (χ1v) is 8.75. The quantitative estimate of drug-likeness (QED) is 0.612. The van der Waals surface area contributed by atoms with Crippen LogP contribution in [-0.4, -0.2) is 39.3 Å². The fourth-order valence-electron chi connectivity index (χ4n) is 2.18. The number of hydrogen-bond donors (Lipinski definition) is 1. The molecule has 0 aliphatic rings. The molecule has 0 amide bonds. The zero-order valence-electron chi connectivity index (χ0n) is 14.4. The molecule has 11 heteroatoms. The van der Waals surface area contributed by atoms with Gasteiger partial charge in [0.05, 0.1) is 18.5 Å². The molecule has 3 rings (SSSR count). The van der Waals surface area contributed by atoms with Gasteiger partial charge in [-0.05, 0) is 31.2 Å². The van der Waals surface area contributed by atoms with Gasteiger partial charge in [0.1, 0.15) is 5.75 Å². The molecule has 0 fully saturated rings. The Kier molecular flexibility index (Phi) is 5.83. The van der Waals surface area contributed by atoms with Crippen LogP contribution in [0.25, 0.3) is 11.3 Å². The maximum atomic E-state index is 12.2. The standard InChI is InChI=1S/C17H13F3N4O3S/c1-2-26-16(25)14-15(23-24-22-14)28-12-6-3-10(4-7-12)13-8-5-11(9-21-13)27-17(18,19)20/h3-9H,2H2,1H3,(H,22,23,24). The van der Waals surface area contributed by atoms with Crippen molar-refractivity contribution in [3.05, 3.63) is 48.3 Å². The fourth-order valence-corrected chi connectivity index (χ4v) is 2.98. The van der Waals surface area contributed by atoms with Gasteiger partial charge >= 0.3 is 12.3 Å². The van der Waals surface area contributed by atoms with Crippen molar-refractivity contribution in [3.63, 3.8) is 0 Å². The molecule has 0 spiro atoms. The average molecular weight is 410 g/mol. The molecule has 2 heterocycles. The Balaban J connectivity index is 1.71. The molecule has 2 aromatic heterocycles. The van der Waals surface area contributed by atoms with Gasteiger partial charge in [0.2, 0.25) is 0 Å². The topological polar surface area (TPSA) is 90.0 Å². The van der Waals surface area contributed by atoms with Crippen molar-refractivity contribution in [2.24, 2.45) is 0 Å². The number of esters is 1. The Morgan fingerprint density at radius 1 is 1.18 bits per heavy atom. The summed E-state index contributed by atoms with van der Waals surface area (Å²) in [4.78, 5) is 16.6. The van der Waals surface area contributed by atoms with Crippen molar-refractivity contribution in [2.75, 3.05) is 6.61 Å². The highest BCUT2D eigenvalue weighted by Crippen LogP contribution is 2.30. The molecule has 0 unspecified atom stereocenters. The van der Waals surface area contributed by atoms with Crippen molar-refractivity contribution < 1.29 is 27.4 Å². The maximum Gasteiger partial charge on any atom is 0.573 e. The van der Waals surface area contributed by atoms with Crippen LogP contribution in [0.15, 0.2) is 52.5 Å². The number of halogens is 3. The van der Waals surface area contributed by atoms with Gasteiger partial charge in [0.25, 0.3) is 0 Å². The highest BCUT2D eigenvalue weighted by Gasteiger charge is 2.31. The predicted octanol–water partition coefficient (Wildman–Crippen LogP) is 4.09. The number of aromatic amines is 1. The molecule has 1 N–H and O–H groups in total. The van der Waals surface area contributed by atoms with E-state index in [1.807, 2.05) is 0 Å². The normalized spacial score (nSPS) is 11.3. The summed E-state index contributed by atoms with van der Waals surface area (Å²) in [6, 6.07) is 9.66. The summed E-state index contributed by atoms with van der Waals surface area (Å²) in [5.74, 6) is -0.932. The van der Waals surface area contributed by atoms with E-state index in [0.29, 0.717) is 16.3 Å². The van der Waals surface area contributed by atoms with Gasteiger partial charge in [0.15, 0.2) is 10.7 Å². The van der Waals surface area contributed by atoms with Gasteiger partial charge in [-0.25, -0.2) is 4.79 Å². The number of nitrogens with one attached hydrogen (secondary N) is 1. The van der Waals surface area contributed by atoms with Crippen molar-refractivity contribution in [1.82, 2.24) is 20.4 Å². The van der Waals surface area contributed by atoms with E-state index in [4.69, 9.17) is 4.74 Å². The summed E-state index contributed by atoms with van der Waals surface area (Å²) in [5.41, 5.74) is 1.35. The minimum absolute atomic E-state index is 0.165. The molecule has 0 aliphatic heterocycles. The Bertz CT molecular complexity index is 944. The number of aromatic nitrogens is 4. The van der Waals surface area contributed by atoms with Crippen LogP contribution in [0.1, 0.15) is 17.4 Å². The monoisotopic (exact) mass is 410 g/mol. The third kappa shape index (κ3) is 5.00. The first-order valence-electron chi connectivity index (χ1n) is 7.94. The number of nitrogens with zero attached hydrogens (tertiary/aromatic N) is 3. The Hall–Kier alpha value is -3.08. The number of alkyl halides is 3. The van der Waals surface area contributed by atoms with Crippen LogP contribution < -0.4 is 4.74 Å². The molecular weight excluding hydrogens is 397 g/mol. The van der Waals surface area contributed by atoms with Crippen molar-refractivity contribution in [1.29, 1.82) is 0 Å². The Morgan fingerprint density at radius 2 is 1.93 bits per heavy atom. The molecule has 0 bridgehead atoms. The van der Waals surface area contributed by atoms with E-state index in [1.165, 1.54) is 23.9 Å². The Labute approximate surface area is 161 Å². The predicted molar refractivity (Wildman–Crippen MR) is 92.8 cm³/mol. The van der Waals surface area contributed by atoms with Crippen molar-refractivity contribution in [3.8, 4) is 17.0 Å². The number of carbonyl (C=O) groups is 1. The number of H-pyrrole nitrogens is 1. The third-order valence-corrected chi connectivity index (χ3v) is 4.32. The third-order valence-electron chi connectivity index (χ3n) is 3.33. The second kappa shape index (κ2) is 8.30. The highest BCUT2D eigenvalue weighted by molar-refractivity contribution is 7.99. The molecule has 146 valence electrons. The minimum Gasteiger partial charge on any atom is -0.461 e. The van der Waals surface area contributed by atoms with E-state index >= 15 is 0 Å². The molecule has 0 radical (unpaired) electrons. The SMILES string of the molecule is CCOC(=O)c1[nH]nnc1Sc1ccc(-c2ccc(OC(F)(F)F)cn2)cc1. The van der Waals surface area contributed by atoms with Gasteiger partial charge in [-0.2, -0.15) is 0 Å². The highest BCUT2D eigenvalue weighted by atomic mass is 32.2. The molecule has 0 saturated heterocycles. The van der Waals surface area contributed by atoms with Crippen LogP contribution in [0.5, 0.6) is 5.75 Å². The maximum absolute atomic E-state index is 12.2. The summed E-state index contributed by atoms with van der Waals surface area (Å²) in [6.07, 6.45) is -3.75. The van der Waals surface area contributed by atoms with Crippen LogP contribution in [0.4, 0.5) is 13.2 Å². The van der Waals surface area contributed by atoms with Gasteiger partial charge in [-0.1, -0.05) is 29.1 Å². The summed E-state index contributed by atoms with van der Waals surface area (Å²) < 4.78 is 45.3. The Morgan fingerprint density at radius 3 is 2.54 bits per heavy atom. The summed E-state index contributed by atoms with van der Waals surface area (Å²) in [6.45, 7) is 1.93. The second-order valence-electron chi connectivity index (χ2n) is 5.27. The second-order valence-corrected chi connectivity index (χ2v) is 6.33. The first kappa shape index (κ1) is 19.7. The van der Waals surface area contributed by atoms with Gasteiger partial charge in [0, 0.05) is 10.5 Å². The number of pyridine rings is 1. The molecule has 28 heavy (non-hydrogen) atoms. The summed E-state index contributed by atoms with van der Waals surface area (Å²) >= 11 is 1.22. The molecule has 0 saturated carbocycles. The zero-order chi connectivity index (χ0) is 20.1. The van der Waals surface area contributed by atoms with E-state index in [0.717, 1.165) is 11.1 Å². The molecule has 0 atom stereocenters. The van der Waals surface area contributed by atoms with Crippen LogP contribution >= 0.6 is 11.8 Å². The van der Waals surface area contributed by atoms with Crippen LogP contribution in [0, 0.1) is 0 Å². The van der Waals surface area contributed by atoms with Gasteiger partial charge < -0.3 is 9.47 Å². The minimum atomic E-state index is -4.76.